The van der Waals surface area contributed by atoms with Gasteiger partial charge in [0.25, 0.3) is 5.91 Å². The van der Waals surface area contributed by atoms with Crippen molar-refractivity contribution in [3.8, 4) is 11.6 Å². The van der Waals surface area contributed by atoms with Crippen LogP contribution in [0, 0.1) is 5.82 Å². The van der Waals surface area contributed by atoms with Crippen LogP contribution in [0.4, 0.5) is 10.1 Å². The topological polar surface area (TPSA) is 60.5 Å². The van der Waals surface area contributed by atoms with Gasteiger partial charge in [-0.3, -0.25) is 4.79 Å². The fraction of sp³-hybridized carbons (Fsp3) is 0.143. The fourth-order valence-electron chi connectivity index (χ4n) is 1.59. The van der Waals surface area contributed by atoms with Gasteiger partial charge in [-0.05, 0) is 24.3 Å². The van der Waals surface area contributed by atoms with Gasteiger partial charge in [-0.1, -0.05) is 0 Å². The quantitative estimate of drug-likeness (QED) is 0.932. The Bertz CT molecular complexity index is 614. The van der Waals surface area contributed by atoms with Gasteiger partial charge >= 0.3 is 0 Å². The number of pyridine rings is 1. The number of hydrogen-bond acceptors (Lipinski definition) is 4. The van der Waals surface area contributed by atoms with E-state index in [0.717, 1.165) is 6.07 Å². The maximum atomic E-state index is 13.5. The second kappa shape index (κ2) is 6.01. The van der Waals surface area contributed by atoms with Crippen molar-refractivity contribution in [3.63, 3.8) is 0 Å². The molecule has 2 aromatic rings. The van der Waals surface area contributed by atoms with Crippen LogP contribution in [0.1, 0.15) is 10.4 Å². The smallest absolute Gasteiger partial charge is 0.255 e. The molecule has 0 aliphatic heterocycles. The van der Waals surface area contributed by atoms with Crippen molar-refractivity contribution in [3.05, 3.63) is 47.9 Å². The Balaban J connectivity index is 2.12. The van der Waals surface area contributed by atoms with E-state index in [0.29, 0.717) is 11.6 Å². The van der Waals surface area contributed by atoms with Crippen molar-refractivity contribution >= 4 is 11.6 Å². The lowest BCUT2D eigenvalue weighted by Gasteiger charge is -2.07. The summed E-state index contributed by atoms with van der Waals surface area (Å²) < 4.78 is 23.2. The molecule has 0 aliphatic carbocycles. The van der Waals surface area contributed by atoms with Crippen LogP contribution in [-0.4, -0.2) is 25.1 Å². The van der Waals surface area contributed by atoms with Crippen molar-refractivity contribution in [2.45, 2.75) is 0 Å². The number of ether oxygens (including phenoxy) is 2. The molecule has 0 fully saturated rings. The van der Waals surface area contributed by atoms with Gasteiger partial charge in [0, 0.05) is 11.6 Å². The maximum absolute atomic E-state index is 13.5. The predicted molar refractivity (Wildman–Crippen MR) is 71.7 cm³/mol. The summed E-state index contributed by atoms with van der Waals surface area (Å²) in [5, 5.41) is 2.61. The van der Waals surface area contributed by atoms with Crippen LogP contribution >= 0.6 is 0 Å². The molecule has 0 unspecified atom stereocenters. The molecule has 20 heavy (non-hydrogen) atoms. The number of hydrogen-bond donors (Lipinski definition) is 1. The lowest BCUT2D eigenvalue weighted by atomic mass is 10.2. The molecule has 0 spiro atoms. The second-order valence-corrected chi connectivity index (χ2v) is 3.89. The summed E-state index contributed by atoms with van der Waals surface area (Å²) in [7, 11) is 2.86. The molecule has 104 valence electrons. The predicted octanol–water partition coefficient (Wildman–Crippen LogP) is 2.49. The number of benzene rings is 1. The first kappa shape index (κ1) is 13.8. The average Bonchev–Trinajstić information content (AvgIpc) is 2.48. The highest BCUT2D eigenvalue weighted by Gasteiger charge is 2.10. The standard InChI is InChI=1S/C14H13FN2O3/c1-19-12-5-3-9(7-11(12)15)14(18)17-10-4-6-13(20-2)16-8-10/h3-8H,1-2H3,(H,17,18). The molecular formula is C14H13FN2O3. The molecule has 2 rings (SSSR count). The molecule has 0 bridgehead atoms. The molecule has 1 amide bonds. The van der Waals surface area contributed by atoms with Gasteiger partial charge in [0.2, 0.25) is 5.88 Å². The Morgan fingerprint density at radius 2 is 2.00 bits per heavy atom. The molecule has 1 N–H and O–H groups in total. The molecular weight excluding hydrogens is 263 g/mol. The number of aromatic nitrogens is 1. The maximum Gasteiger partial charge on any atom is 0.255 e. The average molecular weight is 276 g/mol. The third-order valence-electron chi connectivity index (χ3n) is 2.62. The van der Waals surface area contributed by atoms with E-state index in [4.69, 9.17) is 9.47 Å². The van der Waals surface area contributed by atoms with Gasteiger partial charge in [0.1, 0.15) is 0 Å². The zero-order chi connectivity index (χ0) is 14.5. The van der Waals surface area contributed by atoms with Crippen LogP contribution in [0.3, 0.4) is 0 Å². The van der Waals surface area contributed by atoms with Crippen LogP contribution in [0.25, 0.3) is 0 Å². The monoisotopic (exact) mass is 276 g/mol. The number of carbonyl (C=O) groups is 1. The van der Waals surface area contributed by atoms with Crippen LogP contribution in [0.15, 0.2) is 36.5 Å². The Morgan fingerprint density at radius 3 is 2.55 bits per heavy atom. The minimum absolute atomic E-state index is 0.0904. The normalized spacial score (nSPS) is 9.95. The van der Waals surface area contributed by atoms with Crippen molar-refractivity contribution in [2.75, 3.05) is 19.5 Å². The Labute approximate surface area is 115 Å². The van der Waals surface area contributed by atoms with E-state index < -0.39 is 11.7 Å². The molecule has 0 aliphatic rings. The van der Waals surface area contributed by atoms with Gasteiger partial charge in [-0.2, -0.15) is 0 Å². The van der Waals surface area contributed by atoms with E-state index in [1.807, 2.05) is 0 Å². The number of methoxy groups -OCH3 is 2. The fourth-order valence-corrected chi connectivity index (χ4v) is 1.59. The van der Waals surface area contributed by atoms with Crippen molar-refractivity contribution < 1.29 is 18.7 Å². The Morgan fingerprint density at radius 1 is 1.20 bits per heavy atom. The first-order valence-corrected chi connectivity index (χ1v) is 5.79. The highest BCUT2D eigenvalue weighted by Crippen LogP contribution is 2.19. The molecule has 1 aromatic heterocycles. The van der Waals surface area contributed by atoms with E-state index in [2.05, 4.69) is 10.3 Å². The number of rotatable bonds is 4. The summed E-state index contributed by atoms with van der Waals surface area (Å²) in [6.45, 7) is 0. The number of halogens is 1. The molecule has 0 radical (unpaired) electrons. The number of amides is 1. The van der Waals surface area contributed by atoms with E-state index in [-0.39, 0.29) is 11.3 Å². The van der Waals surface area contributed by atoms with Gasteiger partial charge in [-0.15, -0.1) is 0 Å². The van der Waals surface area contributed by atoms with Gasteiger partial charge in [-0.25, -0.2) is 9.37 Å². The van der Waals surface area contributed by atoms with Crippen LogP contribution in [0.5, 0.6) is 11.6 Å². The highest BCUT2D eigenvalue weighted by molar-refractivity contribution is 6.04. The summed E-state index contributed by atoms with van der Waals surface area (Å²) in [5.41, 5.74) is 0.686. The van der Waals surface area contributed by atoms with Gasteiger partial charge in [0.15, 0.2) is 11.6 Å². The number of anilines is 1. The minimum Gasteiger partial charge on any atom is -0.494 e. The molecule has 1 heterocycles. The van der Waals surface area contributed by atoms with E-state index in [1.165, 1.54) is 32.5 Å². The number of nitrogens with one attached hydrogen (secondary N) is 1. The lowest BCUT2D eigenvalue weighted by Crippen LogP contribution is -2.12. The largest absolute Gasteiger partial charge is 0.494 e. The van der Waals surface area contributed by atoms with Gasteiger partial charge in [0.05, 0.1) is 26.1 Å². The van der Waals surface area contributed by atoms with E-state index in [1.54, 1.807) is 12.1 Å². The second-order valence-electron chi connectivity index (χ2n) is 3.89. The van der Waals surface area contributed by atoms with Crippen LogP contribution in [0.2, 0.25) is 0 Å². The summed E-state index contributed by atoms with van der Waals surface area (Å²) in [4.78, 5) is 15.9. The molecule has 5 nitrogen and oxygen atoms in total. The number of carbonyl (C=O) groups excluding carboxylic acids is 1. The third kappa shape index (κ3) is 3.03. The lowest BCUT2D eigenvalue weighted by molar-refractivity contribution is 0.102. The molecule has 0 saturated carbocycles. The molecule has 1 aromatic carbocycles. The SMILES string of the molecule is COc1ccc(NC(=O)c2ccc(OC)c(F)c2)cn1. The minimum atomic E-state index is -0.590. The van der Waals surface area contributed by atoms with Crippen molar-refractivity contribution in [2.24, 2.45) is 0 Å². The summed E-state index contributed by atoms with van der Waals surface area (Å²) in [5.74, 6) is -0.488. The Hall–Kier alpha value is -2.63. The Kier molecular flexibility index (Phi) is 4.14. The van der Waals surface area contributed by atoms with E-state index >= 15 is 0 Å². The van der Waals surface area contributed by atoms with Crippen LogP contribution < -0.4 is 14.8 Å². The third-order valence-corrected chi connectivity index (χ3v) is 2.62. The van der Waals surface area contributed by atoms with Crippen molar-refractivity contribution in [1.29, 1.82) is 0 Å². The van der Waals surface area contributed by atoms with E-state index in [9.17, 15) is 9.18 Å². The molecule has 0 atom stereocenters. The van der Waals surface area contributed by atoms with Gasteiger partial charge < -0.3 is 14.8 Å². The number of nitrogens with zero attached hydrogens (tertiary/aromatic N) is 1. The molecule has 0 saturated heterocycles. The summed E-state index contributed by atoms with van der Waals surface area (Å²) >= 11 is 0. The first-order chi connectivity index (χ1) is 9.63. The zero-order valence-corrected chi connectivity index (χ0v) is 11.0. The summed E-state index contributed by atoms with van der Waals surface area (Å²) in [6, 6.07) is 7.25. The molecule has 6 heteroatoms. The highest BCUT2D eigenvalue weighted by atomic mass is 19.1. The summed E-state index contributed by atoms with van der Waals surface area (Å²) in [6.07, 6.45) is 1.45. The zero-order valence-electron chi connectivity index (χ0n) is 11.0. The van der Waals surface area contributed by atoms with Crippen molar-refractivity contribution in [1.82, 2.24) is 4.98 Å². The van der Waals surface area contributed by atoms with Crippen LogP contribution in [-0.2, 0) is 0 Å². The first-order valence-electron chi connectivity index (χ1n) is 5.79.